The lowest BCUT2D eigenvalue weighted by atomic mass is 9.87. The van der Waals surface area contributed by atoms with Crippen LogP contribution in [-0.2, 0) is 6.18 Å². The minimum absolute atomic E-state index is 0.349. The molecule has 5 heteroatoms. The second kappa shape index (κ2) is 7.59. The molecule has 6 aromatic carbocycles. The molecule has 0 spiro atoms. The summed E-state index contributed by atoms with van der Waals surface area (Å²) in [5, 5.41) is 17.4. The first-order valence-electron chi connectivity index (χ1n) is 11.8. The Hall–Kier alpha value is -4.82. The van der Waals surface area contributed by atoms with Crippen molar-refractivity contribution in [1.29, 1.82) is 5.26 Å². The summed E-state index contributed by atoms with van der Waals surface area (Å²) in [6.45, 7) is 0. The summed E-state index contributed by atoms with van der Waals surface area (Å²) in [4.78, 5) is 3.29. The number of halogens is 3. The van der Waals surface area contributed by atoms with E-state index in [2.05, 4.69) is 11.1 Å². The van der Waals surface area contributed by atoms with Crippen molar-refractivity contribution in [3.8, 4) is 17.2 Å². The zero-order valence-electron chi connectivity index (χ0n) is 19.3. The van der Waals surface area contributed by atoms with E-state index in [1.54, 1.807) is 0 Å². The fraction of sp³-hybridized carbons (Fsp3) is 0.0312. The van der Waals surface area contributed by atoms with Crippen molar-refractivity contribution in [1.82, 2.24) is 4.98 Å². The average Bonchev–Trinajstić information content (AvgIpc) is 3.29. The van der Waals surface area contributed by atoms with E-state index < -0.39 is 11.7 Å². The van der Waals surface area contributed by atoms with Crippen molar-refractivity contribution in [2.75, 3.05) is 0 Å². The number of hydrogen-bond donors (Lipinski definition) is 1. The van der Waals surface area contributed by atoms with Gasteiger partial charge in [0, 0.05) is 27.2 Å². The smallest absolute Gasteiger partial charge is 0.354 e. The van der Waals surface area contributed by atoms with Crippen LogP contribution in [-0.4, -0.2) is 4.98 Å². The molecule has 1 heterocycles. The molecule has 1 aromatic heterocycles. The molecule has 37 heavy (non-hydrogen) atoms. The Morgan fingerprint density at radius 1 is 0.649 bits per heavy atom. The number of hydrogen-bond acceptors (Lipinski definition) is 1. The van der Waals surface area contributed by atoms with Gasteiger partial charge < -0.3 is 4.98 Å². The van der Waals surface area contributed by atoms with Crippen LogP contribution in [0, 0.1) is 11.3 Å². The van der Waals surface area contributed by atoms with Crippen molar-refractivity contribution in [3.05, 3.63) is 108 Å². The van der Waals surface area contributed by atoms with Gasteiger partial charge in [-0.2, -0.15) is 18.4 Å². The summed E-state index contributed by atoms with van der Waals surface area (Å²) in [6.07, 6.45) is -4.47. The van der Waals surface area contributed by atoms with Crippen LogP contribution in [0.25, 0.3) is 65.3 Å². The number of nitrogens with one attached hydrogen (secondary N) is 1. The van der Waals surface area contributed by atoms with Crippen LogP contribution in [0.4, 0.5) is 13.2 Å². The SMILES string of the molecule is N#Cc1c2c(ccc3ccccc32)c(-c2cccc3ccccc23)c2[nH]c3cc(C(F)(F)F)ccc3c12. The number of benzene rings is 6. The lowest BCUT2D eigenvalue weighted by Crippen LogP contribution is -2.03. The maximum Gasteiger partial charge on any atom is 0.416 e. The first-order chi connectivity index (χ1) is 18.0. The fourth-order valence-corrected chi connectivity index (χ4v) is 5.66. The second-order valence-corrected chi connectivity index (χ2v) is 9.23. The third-order valence-corrected chi connectivity index (χ3v) is 7.25. The normalized spacial score (nSPS) is 12.2. The molecule has 7 aromatic rings. The highest BCUT2D eigenvalue weighted by Crippen LogP contribution is 2.46. The number of H-pyrrole nitrogens is 1. The molecule has 0 saturated carbocycles. The summed E-state index contributed by atoms with van der Waals surface area (Å²) in [5.41, 5.74) is 2.56. The standard InChI is InChI=1S/C32H17F3N2/c33-32(34,35)20-13-15-24-27(16-20)37-31-29(23-11-5-8-18-6-1-3-9-21(18)23)25-14-12-19-7-2-4-10-22(19)28(25)26(17-36)30(24)31/h1-16,37H. The fourth-order valence-electron chi connectivity index (χ4n) is 5.66. The molecule has 7 rings (SSSR count). The third kappa shape index (κ3) is 3.06. The Bertz CT molecular complexity index is 2090. The van der Waals surface area contributed by atoms with Crippen molar-refractivity contribution in [2.24, 2.45) is 0 Å². The van der Waals surface area contributed by atoms with Crippen LogP contribution in [0.3, 0.4) is 0 Å². The molecule has 0 fully saturated rings. The number of rotatable bonds is 1. The first kappa shape index (κ1) is 21.5. The van der Waals surface area contributed by atoms with Crippen LogP contribution in [0.2, 0.25) is 0 Å². The van der Waals surface area contributed by atoms with Crippen LogP contribution in [0.5, 0.6) is 0 Å². The van der Waals surface area contributed by atoms with Gasteiger partial charge in [-0.3, -0.25) is 0 Å². The molecule has 0 unspecified atom stereocenters. The van der Waals surface area contributed by atoms with Crippen LogP contribution >= 0.6 is 0 Å². The van der Waals surface area contributed by atoms with Crippen molar-refractivity contribution in [2.45, 2.75) is 6.18 Å². The van der Waals surface area contributed by atoms with Gasteiger partial charge in [-0.1, -0.05) is 84.9 Å². The number of aromatic amines is 1. The quantitative estimate of drug-likeness (QED) is 0.231. The second-order valence-electron chi connectivity index (χ2n) is 9.23. The molecular weight excluding hydrogens is 469 g/mol. The van der Waals surface area contributed by atoms with Crippen LogP contribution < -0.4 is 0 Å². The number of fused-ring (bicyclic) bond motifs is 7. The lowest BCUT2D eigenvalue weighted by Gasteiger charge is -2.15. The topological polar surface area (TPSA) is 39.6 Å². The maximum atomic E-state index is 13.6. The van der Waals surface area contributed by atoms with Crippen molar-refractivity contribution < 1.29 is 13.2 Å². The molecule has 0 aliphatic rings. The van der Waals surface area contributed by atoms with Gasteiger partial charge in [-0.05, 0) is 44.6 Å². The zero-order valence-corrected chi connectivity index (χ0v) is 19.3. The Morgan fingerprint density at radius 3 is 2.08 bits per heavy atom. The highest BCUT2D eigenvalue weighted by molar-refractivity contribution is 6.28. The predicted octanol–water partition coefficient (Wildman–Crippen LogP) is 9.34. The van der Waals surface area contributed by atoms with E-state index in [-0.39, 0.29) is 0 Å². The van der Waals surface area contributed by atoms with Crippen LogP contribution in [0.15, 0.2) is 97.1 Å². The average molecular weight is 486 g/mol. The highest BCUT2D eigenvalue weighted by Gasteiger charge is 2.31. The molecule has 0 atom stereocenters. The van der Waals surface area contributed by atoms with Gasteiger partial charge in [0.05, 0.1) is 16.6 Å². The third-order valence-electron chi connectivity index (χ3n) is 7.25. The molecule has 2 nitrogen and oxygen atoms in total. The van der Waals surface area contributed by atoms with E-state index >= 15 is 0 Å². The number of alkyl halides is 3. The molecule has 0 radical (unpaired) electrons. The van der Waals surface area contributed by atoms with E-state index in [4.69, 9.17) is 0 Å². The van der Waals surface area contributed by atoms with E-state index in [1.807, 2.05) is 78.9 Å². The molecule has 0 aliphatic carbocycles. The summed E-state index contributed by atoms with van der Waals surface area (Å²) in [6, 6.07) is 32.1. The van der Waals surface area contributed by atoms with Gasteiger partial charge in [-0.15, -0.1) is 0 Å². The molecule has 0 saturated heterocycles. The molecule has 0 amide bonds. The molecule has 0 aliphatic heterocycles. The van der Waals surface area contributed by atoms with Gasteiger partial charge in [0.25, 0.3) is 0 Å². The Balaban J connectivity index is 1.77. The van der Waals surface area contributed by atoms with E-state index in [9.17, 15) is 18.4 Å². The molecule has 176 valence electrons. The van der Waals surface area contributed by atoms with Gasteiger partial charge in [0.15, 0.2) is 0 Å². The lowest BCUT2D eigenvalue weighted by molar-refractivity contribution is -0.137. The minimum Gasteiger partial charge on any atom is -0.354 e. The Kier molecular flexibility index (Phi) is 4.40. The van der Waals surface area contributed by atoms with Crippen molar-refractivity contribution in [3.63, 3.8) is 0 Å². The number of nitriles is 1. The number of nitrogens with zero attached hydrogens (tertiary/aromatic N) is 1. The summed E-state index contributed by atoms with van der Waals surface area (Å²) in [5.74, 6) is 0. The first-order valence-corrected chi connectivity index (χ1v) is 11.8. The number of aromatic nitrogens is 1. The largest absolute Gasteiger partial charge is 0.416 e. The molecule has 1 N–H and O–H groups in total. The van der Waals surface area contributed by atoms with E-state index in [0.29, 0.717) is 27.4 Å². The maximum absolute atomic E-state index is 13.6. The summed E-state index contributed by atoms with van der Waals surface area (Å²) >= 11 is 0. The van der Waals surface area contributed by atoms with E-state index in [0.717, 1.165) is 55.6 Å². The zero-order chi connectivity index (χ0) is 25.3. The Morgan fingerprint density at radius 2 is 1.32 bits per heavy atom. The van der Waals surface area contributed by atoms with E-state index in [1.165, 1.54) is 6.07 Å². The predicted molar refractivity (Wildman–Crippen MR) is 143 cm³/mol. The monoisotopic (exact) mass is 486 g/mol. The molecule has 0 bridgehead atoms. The van der Waals surface area contributed by atoms with Crippen molar-refractivity contribution >= 4 is 54.1 Å². The minimum atomic E-state index is -4.47. The van der Waals surface area contributed by atoms with Gasteiger partial charge in [-0.25, -0.2) is 0 Å². The van der Waals surface area contributed by atoms with Gasteiger partial charge >= 0.3 is 6.18 Å². The highest BCUT2D eigenvalue weighted by atomic mass is 19.4. The Labute approximate surface area is 209 Å². The van der Waals surface area contributed by atoms with Gasteiger partial charge in [0.1, 0.15) is 6.07 Å². The van der Waals surface area contributed by atoms with Gasteiger partial charge in [0.2, 0.25) is 0 Å². The molecular formula is C32H17F3N2. The van der Waals surface area contributed by atoms with Crippen LogP contribution in [0.1, 0.15) is 11.1 Å². The summed E-state index contributed by atoms with van der Waals surface area (Å²) in [7, 11) is 0. The summed E-state index contributed by atoms with van der Waals surface area (Å²) < 4.78 is 40.7.